The Kier molecular flexibility index (Phi) is 8.63. The molecule has 2 heterocycles. The van der Waals surface area contributed by atoms with E-state index in [2.05, 4.69) is 4.99 Å². The highest BCUT2D eigenvalue weighted by Crippen LogP contribution is 2.32. The molecule has 0 spiro atoms. The third-order valence-corrected chi connectivity index (χ3v) is 8.08. The average molecular weight is 610 g/mol. The topological polar surface area (TPSA) is 79.1 Å². The first kappa shape index (κ1) is 28.7. The van der Waals surface area contributed by atoms with E-state index in [0.29, 0.717) is 48.8 Å². The molecule has 210 valence electrons. The van der Waals surface area contributed by atoms with Gasteiger partial charge >= 0.3 is 5.97 Å². The second kappa shape index (κ2) is 12.3. The summed E-state index contributed by atoms with van der Waals surface area (Å²) in [6.07, 6.45) is 1.78. The van der Waals surface area contributed by atoms with E-state index in [4.69, 9.17) is 37.4 Å². The third kappa shape index (κ3) is 5.95. The van der Waals surface area contributed by atoms with Crippen LogP contribution < -0.4 is 24.4 Å². The number of methoxy groups -OCH3 is 1. The van der Waals surface area contributed by atoms with Gasteiger partial charge in [0.1, 0.15) is 6.61 Å². The van der Waals surface area contributed by atoms with Gasteiger partial charge in [-0.3, -0.25) is 9.36 Å². The molecule has 1 aromatic heterocycles. The number of benzene rings is 3. The maximum atomic E-state index is 13.8. The molecule has 0 saturated heterocycles. The summed E-state index contributed by atoms with van der Waals surface area (Å²) >= 11 is 13.6. The molecule has 0 bridgehead atoms. The fourth-order valence-electron chi connectivity index (χ4n) is 4.59. The van der Waals surface area contributed by atoms with Crippen molar-refractivity contribution in [1.82, 2.24) is 4.57 Å². The van der Waals surface area contributed by atoms with Crippen LogP contribution in [0.3, 0.4) is 0 Å². The van der Waals surface area contributed by atoms with Gasteiger partial charge in [0.05, 0.1) is 35.6 Å². The number of rotatable bonds is 8. The van der Waals surface area contributed by atoms with Crippen molar-refractivity contribution < 1.29 is 19.0 Å². The molecular weight excluding hydrogens is 583 g/mol. The van der Waals surface area contributed by atoms with Crippen LogP contribution in [-0.4, -0.2) is 24.3 Å². The molecule has 1 atom stereocenters. The van der Waals surface area contributed by atoms with Crippen LogP contribution in [0.15, 0.2) is 87.8 Å². The fraction of sp³-hybridized carbons (Fsp3) is 0.194. The van der Waals surface area contributed by atoms with Gasteiger partial charge in [-0.15, -0.1) is 0 Å². The Morgan fingerprint density at radius 3 is 2.54 bits per heavy atom. The largest absolute Gasteiger partial charge is 0.490 e. The molecule has 0 aliphatic carbocycles. The molecule has 1 unspecified atom stereocenters. The van der Waals surface area contributed by atoms with Crippen molar-refractivity contribution in [3.05, 3.63) is 124 Å². The molecule has 7 nitrogen and oxygen atoms in total. The highest BCUT2D eigenvalue weighted by molar-refractivity contribution is 7.07. The molecular formula is C31H26Cl2N2O5S. The third-order valence-electron chi connectivity index (χ3n) is 6.51. The standard InChI is InChI=1S/C31H26Cl2N2O5S/c1-4-39-25-14-19(10-13-24(25)40-17-21-11-12-22(32)16-23(21)33)15-26-29(36)35-28(20-8-6-5-7-9-20)27(30(37)38-3)18(2)34-31(35)41-26/h5-16,28H,4,17H2,1-3H3. The summed E-state index contributed by atoms with van der Waals surface area (Å²) < 4.78 is 19.0. The summed E-state index contributed by atoms with van der Waals surface area (Å²) in [7, 11) is 1.32. The number of carbonyl (C=O) groups is 1. The van der Waals surface area contributed by atoms with E-state index in [1.165, 1.54) is 18.4 Å². The number of allylic oxidation sites excluding steroid dienone is 1. The highest BCUT2D eigenvalue weighted by atomic mass is 35.5. The Morgan fingerprint density at radius 1 is 1.05 bits per heavy atom. The smallest absolute Gasteiger partial charge is 0.338 e. The van der Waals surface area contributed by atoms with Crippen molar-refractivity contribution in [2.75, 3.05) is 13.7 Å². The van der Waals surface area contributed by atoms with Gasteiger partial charge in [0.2, 0.25) is 0 Å². The summed E-state index contributed by atoms with van der Waals surface area (Å²) in [4.78, 5) is 31.7. The van der Waals surface area contributed by atoms with Crippen molar-refractivity contribution in [2.24, 2.45) is 4.99 Å². The summed E-state index contributed by atoms with van der Waals surface area (Å²) in [6.45, 7) is 4.30. The van der Waals surface area contributed by atoms with Gasteiger partial charge in [-0.05, 0) is 55.3 Å². The van der Waals surface area contributed by atoms with Crippen molar-refractivity contribution in [3.63, 3.8) is 0 Å². The molecule has 41 heavy (non-hydrogen) atoms. The van der Waals surface area contributed by atoms with Crippen LogP contribution in [0.2, 0.25) is 10.0 Å². The van der Waals surface area contributed by atoms with E-state index < -0.39 is 12.0 Å². The Bertz CT molecular complexity index is 1830. The quantitative estimate of drug-likeness (QED) is 0.240. The number of carbonyl (C=O) groups excluding carboxylic acids is 1. The lowest BCUT2D eigenvalue weighted by Gasteiger charge is -2.24. The molecule has 0 radical (unpaired) electrons. The zero-order valence-electron chi connectivity index (χ0n) is 22.5. The Hall–Kier alpha value is -3.85. The van der Waals surface area contributed by atoms with E-state index >= 15 is 0 Å². The summed E-state index contributed by atoms with van der Waals surface area (Å²) in [5.41, 5.74) is 2.91. The number of hydrogen-bond donors (Lipinski definition) is 0. The SMILES string of the molecule is CCOc1cc(C=c2sc3n(c2=O)C(c2ccccc2)C(C(=O)OC)=C(C)N=3)ccc1OCc1ccc(Cl)cc1Cl. The molecule has 3 aromatic carbocycles. The van der Waals surface area contributed by atoms with Crippen LogP contribution in [0.25, 0.3) is 6.08 Å². The van der Waals surface area contributed by atoms with Gasteiger partial charge in [0.15, 0.2) is 16.3 Å². The van der Waals surface area contributed by atoms with Gasteiger partial charge in [0, 0.05) is 15.6 Å². The number of esters is 1. The first-order chi connectivity index (χ1) is 19.8. The lowest BCUT2D eigenvalue weighted by Crippen LogP contribution is -2.39. The molecule has 10 heteroatoms. The minimum atomic E-state index is -0.656. The maximum Gasteiger partial charge on any atom is 0.338 e. The van der Waals surface area contributed by atoms with E-state index in [1.807, 2.05) is 55.5 Å². The van der Waals surface area contributed by atoms with Crippen LogP contribution in [0.5, 0.6) is 11.5 Å². The number of aromatic nitrogens is 1. The van der Waals surface area contributed by atoms with Crippen molar-refractivity contribution in [3.8, 4) is 11.5 Å². The van der Waals surface area contributed by atoms with Crippen LogP contribution >= 0.6 is 34.5 Å². The number of nitrogens with zero attached hydrogens (tertiary/aromatic N) is 2. The normalized spacial score (nSPS) is 14.9. The van der Waals surface area contributed by atoms with E-state index in [-0.39, 0.29) is 12.2 Å². The summed E-state index contributed by atoms with van der Waals surface area (Å²) in [6, 6.07) is 19.4. The van der Waals surface area contributed by atoms with Crippen LogP contribution in [-0.2, 0) is 16.1 Å². The van der Waals surface area contributed by atoms with Gasteiger partial charge < -0.3 is 14.2 Å². The van der Waals surface area contributed by atoms with Crippen LogP contribution in [0.1, 0.15) is 36.6 Å². The molecule has 0 saturated carbocycles. The molecule has 1 aliphatic rings. The van der Waals surface area contributed by atoms with Gasteiger partial charge in [-0.25, -0.2) is 9.79 Å². The van der Waals surface area contributed by atoms with E-state index in [0.717, 1.165) is 16.7 Å². The number of hydrogen-bond acceptors (Lipinski definition) is 7. The van der Waals surface area contributed by atoms with Crippen molar-refractivity contribution in [2.45, 2.75) is 26.5 Å². The minimum absolute atomic E-state index is 0.232. The lowest BCUT2D eigenvalue weighted by molar-refractivity contribution is -0.136. The molecule has 0 amide bonds. The van der Waals surface area contributed by atoms with Crippen LogP contribution in [0.4, 0.5) is 0 Å². The Labute approximate surface area is 250 Å². The van der Waals surface area contributed by atoms with Crippen molar-refractivity contribution in [1.29, 1.82) is 0 Å². The lowest BCUT2D eigenvalue weighted by atomic mass is 9.96. The van der Waals surface area contributed by atoms with Gasteiger partial charge in [0.25, 0.3) is 5.56 Å². The summed E-state index contributed by atoms with van der Waals surface area (Å²) in [5.74, 6) is 0.551. The van der Waals surface area contributed by atoms with Crippen molar-refractivity contribution >= 4 is 46.6 Å². The molecule has 0 fully saturated rings. The first-order valence-corrected chi connectivity index (χ1v) is 14.4. The Morgan fingerprint density at radius 2 is 1.83 bits per heavy atom. The first-order valence-electron chi connectivity index (χ1n) is 12.8. The van der Waals surface area contributed by atoms with Crippen LogP contribution in [0, 0.1) is 0 Å². The zero-order valence-corrected chi connectivity index (χ0v) is 24.8. The maximum absolute atomic E-state index is 13.8. The predicted molar refractivity (Wildman–Crippen MR) is 161 cm³/mol. The monoisotopic (exact) mass is 608 g/mol. The highest BCUT2D eigenvalue weighted by Gasteiger charge is 2.32. The number of ether oxygens (including phenoxy) is 3. The second-order valence-electron chi connectivity index (χ2n) is 9.15. The fourth-order valence-corrected chi connectivity index (χ4v) is 6.10. The van der Waals surface area contributed by atoms with Gasteiger partial charge in [-0.2, -0.15) is 0 Å². The van der Waals surface area contributed by atoms with E-state index in [9.17, 15) is 9.59 Å². The number of fused-ring (bicyclic) bond motifs is 1. The molecule has 0 N–H and O–H groups in total. The number of halogens is 2. The second-order valence-corrected chi connectivity index (χ2v) is 11.0. The molecule has 5 rings (SSSR count). The summed E-state index contributed by atoms with van der Waals surface area (Å²) in [5, 5.41) is 1.07. The van der Waals surface area contributed by atoms with E-state index in [1.54, 1.807) is 35.8 Å². The van der Waals surface area contributed by atoms with Gasteiger partial charge in [-0.1, -0.05) is 77.0 Å². The predicted octanol–water partition coefficient (Wildman–Crippen LogP) is 5.69. The Balaban J connectivity index is 1.54. The zero-order chi connectivity index (χ0) is 29.1. The minimum Gasteiger partial charge on any atom is -0.490 e. The number of thiazole rings is 1. The molecule has 4 aromatic rings. The average Bonchev–Trinajstić information content (AvgIpc) is 3.26. The molecule has 1 aliphatic heterocycles.